The van der Waals surface area contributed by atoms with Gasteiger partial charge in [-0.25, -0.2) is 0 Å². The van der Waals surface area contributed by atoms with Crippen molar-refractivity contribution in [1.82, 2.24) is 14.9 Å². The van der Waals surface area contributed by atoms with Gasteiger partial charge in [0.15, 0.2) is 5.11 Å². The molecule has 0 saturated carbocycles. The molecule has 0 aliphatic carbocycles. The lowest BCUT2D eigenvalue weighted by Crippen LogP contribution is -2.29. The van der Waals surface area contributed by atoms with Crippen LogP contribution in [0.15, 0.2) is 97.2 Å². The van der Waals surface area contributed by atoms with Crippen molar-refractivity contribution in [3.63, 3.8) is 0 Å². The first-order chi connectivity index (χ1) is 21.2. The number of anilines is 1. The molecule has 222 valence electrons. The average Bonchev–Trinajstić information content (AvgIpc) is 3.53. The highest BCUT2D eigenvalue weighted by Gasteiger charge is 2.42. The van der Waals surface area contributed by atoms with Crippen LogP contribution in [0.4, 0.5) is 11.4 Å². The normalized spacial score (nSPS) is 16.1. The number of nitro benzene ring substituents is 1. The van der Waals surface area contributed by atoms with Crippen LogP contribution in [0.1, 0.15) is 40.3 Å². The number of nitro groups is 1. The number of hydrogen-bond acceptors (Lipinski definition) is 6. The van der Waals surface area contributed by atoms with Crippen molar-refractivity contribution in [3.8, 4) is 22.9 Å². The smallest absolute Gasteiger partial charge is 0.271 e. The summed E-state index contributed by atoms with van der Waals surface area (Å²) >= 11 is 5.94. The van der Waals surface area contributed by atoms with Gasteiger partial charge in [0.2, 0.25) is 0 Å². The number of rotatable bonds is 8. The standard InChI is InChI=1S/C34H31N5O4S/c1-21-8-13-26(14-9-21)43-27-15-10-24(11-16-27)38-33(32(36-34(38)44)29-7-5-6-18-35-29)28-19-22(2)37(23(28)3)30-20-25(39(40)41)12-17-31(30)42-4/h5-20,32-33H,1-4H3,(H,36,44)/t32-,33+/m1/s1. The minimum Gasteiger partial charge on any atom is -0.495 e. The highest BCUT2D eigenvalue weighted by atomic mass is 32.1. The van der Waals surface area contributed by atoms with Crippen LogP contribution in [0.3, 0.4) is 0 Å². The Morgan fingerprint density at radius 2 is 1.64 bits per heavy atom. The highest BCUT2D eigenvalue weighted by molar-refractivity contribution is 7.80. The lowest BCUT2D eigenvalue weighted by molar-refractivity contribution is -0.384. The molecule has 9 nitrogen and oxygen atoms in total. The van der Waals surface area contributed by atoms with Crippen molar-refractivity contribution >= 4 is 28.7 Å². The molecule has 1 saturated heterocycles. The number of nitrogens with one attached hydrogen (secondary N) is 1. The predicted molar refractivity (Wildman–Crippen MR) is 174 cm³/mol. The molecule has 2 atom stereocenters. The zero-order chi connectivity index (χ0) is 31.0. The molecule has 1 N–H and O–H groups in total. The maximum Gasteiger partial charge on any atom is 0.271 e. The molecule has 10 heteroatoms. The van der Waals surface area contributed by atoms with Gasteiger partial charge in [-0.1, -0.05) is 23.8 Å². The summed E-state index contributed by atoms with van der Waals surface area (Å²) in [5, 5.41) is 15.7. The summed E-state index contributed by atoms with van der Waals surface area (Å²) in [7, 11) is 1.56. The number of thiocarbonyl (C=S) groups is 1. The second kappa shape index (κ2) is 11.8. The summed E-state index contributed by atoms with van der Waals surface area (Å²) in [6, 6.07) is 27.8. The maximum absolute atomic E-state index is 11.7. The van der Waals surface area contributed by atoms with E-state index in [-0.39, 0.29) is 17.8 Å². The topological polar surface area (TPSA) is 94.7 Å². The zero-order valence-corrected chi connectivity index (χ0v) is 25.5. The van der Waals surface area contributed by atoms with Crippen LogP contribution in [0.2, 0.25) is 0 Å². The Morgan fingerprint density at radius 3 is 2.27 bits per heavy atom. The summed E-state index contributed by atoms with van der Waals surface area (Å²) in [5.41, 5.74) is 6.28. The van der Waals surface area contributed by atoms with E-state index in [1.165, 1.54) is 11.6 Å². The number of benzene rings is 3. The first-order valence-electron chi connectivity index (χ1n) is 14.1. The molecule has 44 heavy (non-hydrogen) atoms. The molecule has 0 bridgehead atoms. The summed E-state index contributed by atoms with van der Waals surface area (Å²) in [6.07, 6.45) is 1.77. The molecule has 1 aliphatic heterocycles. The van der Waals surface area contributed by atoms with Gasteiger partial charge in [0.1, 0.15) is 17.2 Å². The highest BCUT2D eigenvalue weighted by Crippen LogP contribution is 2.45. The number of ether oxygens (including phenoxy) is 2. The van der Waals surface area contributed by atoms with Crippen LogP contribution in [0, 0.1) is 30.9 Å². The minimum absolute atomic E-state index is 0.0144. The zero-order valence-electron chi connectivity index (χ0n) is 24.7. The van der Waals surface area contributed by atoms with Crippen LogP contribution in [-0.2, 0) is 0 Å². The SMILES string of the molecule is COc1ccc([N+](=O)[O-])cc1-n1c(C)cc([C@H]2[C@@H](c3ccccn3)NC(=S)N2c2ccc(Oc3ccc(C)cc3)cc2)c1C. The van der Waals surface area contributed by atoms with E-state index in [0.717, 1.165) is 34.1 Å². The summed E-state index contributed by atoms with van der Waals surface area (Å²) < 4.78 is 13.7. The van der Waals surface area contributed by atoms with E-state index >= 15 is 0 Å². The lowest BCUT2D eigenvalue weighted by atomic mass is 9.96. The fourth-order valence-electron chi connectivity index (χ4n) is 5.79. The molecular weight excluding hydrogens is 574 g/mol. The van der Waals surface area contributed by atoms with Crippen molar-refractivity contribution in [2.45, 2.75) is 32.9 Å². The van der Waals surface area contributed by atoms with Gasteiger partial charge >= 0.3 is 0 Å². The third-order valence-electron chi connectivity index (χ3n) is 7.87. The number of pyridine rings is 1. The number of nitrogens with zero attached hydrogens (tertiary/aromatic N) is 4. The van der Waals surface area contributed by atoms with Crippen molar-refractivity contribution in [1.29, 1.82) is 0 Å². The summed E-state index contributed by atoms with van der Waals surface area (Å²) in [5.74, 6) is 2.01. The Morgan fingerprint density at radius 1 is 0.932 bits per heavy atom. The molecule has 3 heterocycles. The van der Waals surface area contributed by atoms with E-state index in [9.17, 15) is 10.1 Å². The van der Waals surface area contributed by atoms with E-state index in [4.69, 9.17) is 21.7 Å². The van der Waals surface area contributed by atoms with E-state index in [2.05, 4.69) is 21.3 Å². The second-order valence-electron chi connectivity index (χ2n) is 10.7. The molecular formula is C34H31N5O4S. The van der Waals surface area contributed by atoms with Gasteiger partial charge in [0, 0.05) is 35.4 Å². The largest absolute Gasteiger partial charge is 0.495 e. The van der Waals surface area contributed by atoms with E-state index < -0.39 is 4.92 Å². The van der Waals surface area contributed by atoms with Crippen molar-refractivity contribution in [2.24, 2.45) is 0 Å². The molecule has 5 aromatic rings. The molecule has 1 aliphatic rings. The predicted octanol–water partition coefficient (Wildman–Crippen LogP) is 7.68. The Hall–Kier alpha value is -5.22. The van der Waals surface area contributed by atoms with Crippen LogP contribution in [0.25, 0.3) is 5.69 Å². The summed E-state index contributed by atoms with van der Waals surface area (Å²) in [6.45, 7) is 6.03. The first kappa shape index (κ1) is 28.9. The van der Waals surface area contributed by atoms with E-state index in [1.54, 1.807) is 25.4 Å². The Kier molecular flexibility index (Phi) is 7.75. The van der Waals surface area contributed by atoms with Crippen molar-refractivity contribution < 1.29 is 14.4 Å². The molecule has 3 aromatic carbocycles. The van der Waals surface area contributed by atoms with Gasteiger partial charge in [-0.3, -0.25) is 15.1 Å². The monoisotopic (exact) mass is 605 g/mol. The Balaban J connectivity index is 1.44. The fraction of sp³-hybridized carbons (Fsp3) is 0.176. The van der Waals surface area contributed by atoms with Gasteiger partial charge in [-0.05, 0) is 99.2 Å². The first-order valence-corrected chi connectivity index (χ1v) is 14.5. The third-order valence-corrected chi connectivity index (χ3v) is 8.19. The minimum atomic E-state index is -0.400. The Bertz CT molecular complexity index is 1840. The number of aryl methyl sites for hydroxylation is 2. The molecule has 2 aromatic heterocycles. The number of non-ortho nitro benzene ring substituents is 1. The van der Waals surface area contributed by atoms with E-state index in [0.29, 0.717) is 22.3 Å². The molecule has 0 amide bonds. The van der Waals surface area contributed by atoms with E-state index in [1.807, 2.05) is 92.1 Å². The number of aromatic nitrogens is 2. The van der Waals surface area contributed by atoms with Gasteiger partial charge in [0.25, 0.3) is 5.69 Å². The fourth-order valence-corrected chi connectivity index (χ4v) is 6.14. The molecule has 1 fully saturated rings. The van der Waals surface area contributed by atoms with Crippen LogP contribution < -0.4 is 19.7 Å². The molecule has 0 radical (unpaired) electrons. The lowest BCUT2D eigenvalue weighted by Gasteiger charge is -2.28. The molecule has 6 rings (SSSR count). The number of methoxy groups -OCH3 is 1. The summed E-state index contributed by atoms with van der Waals surface area (Å²) in [4.78, 5) is 18.0. The second-order valence-corrected chi connectivity index (χ2v) is 11.1. The van der Waals surface area contributed by atoms with Gasteiger partial charge in [0.05, 0.1) is 35.5 Å². The third kappa shape index (κ3) is 5.35. The van der Waals surface area contributed by atoms with Crippen LogP contribution in [-0.4, -0.2) is 26.7 Å². The van der Waals surface area contributed by atoms with Gasteiger partial charge in [-0.15, -0.1) is 0 Å². The van der Waals surface area contributed by atoms with Crippen LogP contribution in [0.5, 0.6) is 17.2 Å². The molecule has 0 unspecified atom stereocenters. The maximum atomic E-state index is 11.7. The van der Waals surface area contributed by atoms with Gasteiger partial charge < -0.3 is 24.3 Å². The quantitative estimate of drug-likeness (QED) is 0.109. The Labute approximate surface area is 260 Å². The average molecular weight is 606 g/mol. The number of hydrogen-bond donors (Lipinski definition) is 1. The van der Waals surface area contributed by atoms with Crippen molar-refractivity contribution in [2.75, 3.05) is 12.0 Å². The molecule has 0 spiro atoms. The van der Waals surface area contributed by atoms with Gasteiger partial charge in [-0.2, -0.15) is 0 Å². The van der Waals surface area contributed by atoms with Crippen molar-refractivity contribution in [3.05, 3.63) is 136 Å². The van der Waals surface area contributed by atoms with Crippen LogP contribution >= 0.6 is 12.2 Å².